The normalized spacial score (nSPS) is 30.7. The summed E-state index contributed by atoms with van der Waals surface area (Å²) >= 11 is 0. The van der Waals surface area contributed by atoms with Gasteiger partial charge in [-0.15, -0.1) is 10.2 Å². The summed E-state index contributed by atoms with van der Waals surface area (Å²) in [7, 11) is 0. The summed E-state index contributed by atoms with van der Waals surface area (Å²) < 4.78 is 0. The van der Waals surface area contributed by atoms with E-state index in [2.05, 4.69) is 27.2 Å². The van der Waals surface area contributed by atoms with Gasteiger partial charge in [0.25, 0.3) is 0 Å². The number of fused-ring (bicyclic) bond motifs is 2. The third-order valence-corrected chi connectivity index (χ3v) is 6.35. The number of rotatable bonds is 5. The molecule has 3 atom stereocenters. The van der Waals surface area contributed by atoms with Gasteiger partial charge in [0.1, 0.15) is 6.54 Å². The second kappa shape index (κ2) is 6.00. The molecule has 3 saturated heterocycles. The Bertz CT molecular complexity index is 728. The Balaban J connectivity index is 1.18. The Kier molecular flexibility index (Phi) is 3.73. The lowest BCUT2D eigenvalue weighted by molar-refractivity contribution is -0.147. The fraction of sp³-hybridized carbons (Fsp3) is 0.824. The van der Waals surface area contributed by atoms with Crippen LogP contribution in [0.5, 0.6) is 0 Å². The van der Waals surface area contributed by atoms with Crippen LogP contribution >= 0.6 is 0 Å². The van der Waals surface area contributed by atoms with Crippen molar-refractivity contribution >= 4 is 11.8 Å². The maximum absolute atomic E-state index is 12.8. The molecule has 0 aromatic carbocycles. The second-order valence-electron chi connectivity index (χ2n) is 7.97. The van der Waals surface area contributed by atoms with Crippen LogP contribution in [-0.2, 0) is 16.1 Å². The van der Waals surface area contributed by atoms with Crippen LogP contribution in [-0.4, -0.2) is 91.0 Å². The van der Waals surface area contributed by atoms with E-state index in [4.69, 9.17) is 0 Å². The van der Waals surface area contributed by atoms with Crippen molar-refractivity contribution in [3.63, 3.8) is 0 Å². The number of carbonyl (C=O) groups excluding carboxylic acids is 2. The molecule has 9 heteroatoms. The molecule has 1 unspecified atom stereocenters. The number of nitrogens with zero attached hydrogens (tertiary/aromatic N) is 7. The van der Waals surface area contributed by atoms with Crippen LogP contribution in [0.3, 0.4) is 0 Å². The number of likely N-dealkylation sites (tertiary alicyclic amines) is 3. The van der Waals surface area contributed by atoms with Crippen LogP contribution in [0.25, 0.3) is 0 Å². The van der Waals surface area contributed by atoms with Crippen molar-refractivity contribution in [2.75, 3.05) is 26.2 Å². The number of hydrogen-bond donors (Lipinski definition) is 0. The molecule has 4 fully saturated rings. The first kappa shape index (κ1) is 16.2. The van der Waals surface area contributed by atoms with Gasteiger partial charge in [0.15, 0.2) is 5.82 Å². The monoisotopic (exact) mass is 359 g/mol. The van der Waals surface area contributed by atoms with E-state index in [1.165, 1.54) is 4.80 Å². The molecule has 0 N–H and O–H groups in total. The molecule has 1 saturated carbocycles. The van der Waals surface area contributed by atoms with E-state index in [-0.39, 0.29) is 36.5 Å². The topological polar surface area (TPSA) is 87.5 Å². The van der Waals surface area contributed by atoms with Crippen molar-refractivity contribution in [2.24, 2.45) is 0 Å². The number of tetrazole rings is 1. The van der Waals surface area contributed by atoms with E-state index < -0.39 is 0 Å². The number of amides is 2. The first-order chi connectivity index (χ1) is 12.6. The number of aromatic nitrogens is 4. The van der Waals surface area contributed by atoms with Crippen molar-refractivity contribution < 1.29 is 9.59 Å². The lowest BCUT2D eigenvalue weighted by Crippen LogP contribution is -2.60. The average Bonchev–Trinajstić information content (AvgIpc) is 3.03. The summed E-state index contributed by atoms with van der Waals surface area (Å²) in [5.41, 5.74) is 0. The largest absolute Gasteiger partial charge is 0.334 e. The maximum Gasteiger partial charge on any atom is 0.246 e. The molecule has 9 nitrogen and oxygen atoms in total. The smallest absolute Gasteiger partial charge is 0.246 e. The van der Waals surface area contributed by atoms with Gasteiger partial charge in [0, 0.05) is 25.6 Å². The Morgan fingerprint density at radius 2 is 1.88 bits per heavy atom. The minimum Gasteiger partial charge on any atom is -0.334 e. The zero-order valence-corrected chi connectivity index (χ0v) is 15.1. The molecule has 2 bridgehead atoms. The van der Waals surface area contributed by atoms with Crippen LogP contribution < -0.4 is 0 Å². The molecular weight excluding hydrogens is 334 g/mol. The molecule has 26 heavy (non-hydrogen) atoms. The highest BCUT2D eigenvalue weighted by Crippen LogP contribution is 2.37. The fourth-order valence-electron chi connectivity index (χ4n) is 4.57. The molecule has 1 aromatic heterocycles. The van der Waals surface area contributed by atoms with Crippen molar-refractivity contribution in [1.82, 2.24) is 34.9 Å². The van der Waals surface area contributed by atoms with E-state index >= 15 is 0 Å². The van der Waals surface area contributed by atoms with Crippen LogP contribution in [0.1, 0.15) is 44.3 Å². The highest BCUT2D eigenvalue weighted by Gasteiger charge is 2.49. The van der Waals surface area contributed by atoms with Crippen LogP contribution in [0, 0.1) is 0 Å². The molecule has 0 radical (unpaired) electrons. The van der Waals surface area contributed by atoms with E-state index in [0.29, 0.717) is 19.0 Å². The summed E-state index contributed by atoms with van der Waals surface area (Å²) in [6, 6.07) is 0.364. The van der Waals surface area contributed by atoms with E-state index in [1.54, 1.807) is 0 Å². The van der Waals surface area contributed by atoms with E-state index in [1.807, 2.05) is 9.80 Å². The maximum atomic E-state index is 12.8. The molecule has 4 aliphatic rings. The van der Waals surface area contributed by atoms with Crippen molar-refractivity contribution in [3.05, 3.63) is 5.82 Å². The first-order valence-corrected chi connectivity index (χ1v) is 9.75. The van der Waals surface area contributed by atoms with Crippen LogP contribution in [0.15, 0.2) is 0 Å². The summed E-state index contributed by atoms with van der Waals surface area (Å²) in [5.74, 6) is 1.49. The Labute approximate surface area is 152 Å². The van der Waals surface area contributed by atoms with Gasteiger partial charge >= 0.3 is 0 Å². The Hall–Kier alpha value is -2.03. The first-order valence-electron chi connectivity index (χ1n) is 9.75. The van der Waals surface area contributed by atoms with Gasteiger partial charge in [-0.1, -0.05) is 6.92 Å². The number of piperazine rings is 1. The van der Waals surface area contributed by atoms with Crippen LogP contribution in [0.2, 0.25) is 0 Å². The summed E-state index contributed by atoms with van der Waals surface area (Å²) in [5, 5.41) is 12.4. The lowest BCUT2D eigenvalue weighted by Gasteiger charge is -2.43. The second-order valence-corrected chi connectivity index (χ2v) is 7.97. The summed E-state index contributed by atoms with van der Waals surface area (Å²) in [6.07, 6.45) is 4.10. The quantitative estimate of drug-likeness (QED) is 0.701. The van der Waals surface area contributed by atoms with Gasteiger partial charge < -0.3 is 9.80 Å². The van der Waals surface area contributed by atoms with Gasteiger partial charge in [-0.05, 0) is 37.4 Å². The highest BCUT2D eigenvalue weighted by atomic mass is 16.2. The molecule has 4 heterocycles. The van der Waals surface area contributed by atoms with Crippen molar-refractivity contribution in [3.8, 4) is 0 Å². The predicted molar refractivity (Wildman–Crippen MR) is 91.1 cm³/mol. The lowest BCUT2D eigenvalue weighted by atomic mass is 10.0. The summed E-state index contributed by atoms with van der Waals surface area (Å²) in [6.45, 7) is 5.50. The molecule has 5 rings (SSSR count). The van der Waals surface area contributed by atoms with Gasteiger partial charge in [-0.3, -0.25) is 14.5 Å². The predicted octanol–water partition coefficient (Wildman–Crippen LogP) is -0.544. The number of carbonyl (C=O) groups is 2. The fourth-order valence-corrected chi connectivity index (χ4v) is 4.57. The minimum absolute atomic E-state index is 0.0307. The molecular formula is C17H25N7O2. The van der Waals surface area contributed by atoms with E-state index in [9.17, 15) is 9.59 Å². The number of hydrogen-bond acceptors (Lipinski definition) is 6. The van der Waals surface area contributed by atoms with Crippen molar-refractivity contribution in [1.29, 1.82) is 0 Å². The summed E-state index contributed by atoms with van der Waals surface area (Å²) in [4.78, 5) is 33.0. The molecule has 1 aliphatic carbocycles. The number of likely N-dealkylation sites (N-methyl/N-ethyl adjacent to an activating group) is 1. The standard InChI is InChI=1S/C17H25N7O2/c1-2-21-6-5-14(21)17(26)23-9-12-7-13(23)8-22(12)15(25)10-24-19-16(18-20-24)11-3-4-11/h11-14H,2-10H2,1H3/t12-,13-,14?/m0/s1. The molecule has 0 spiro atoms. The van der Waals surface area contributed by atoms with Gasteiger partial charge in [0.05, 0.1) is 18.1 Å². The van der Waals surface area contributed by atoms with E-state index in [0.717, 1.165) is 44.6 Å². The third kappa shape index (κ3) is 2.60. The average molecular weight is 359 g/mol. The van der Waals surface area contributed by atoms with Crippen LogP contribution in [0.4, 0.5) is 0 Å². The molecule has 2 amide bonds. The van der Waals surface area contributed by atoms with Crippen molar-refractivity contribution in [2.45, 2.75) is 63.2 Å². The zero-order valence-electron chi connectivity index (χ0n) is 15.1. The molecule has 140 valence electrons. The SMILES string of the molecule is CCN1CCC1C(=O)N1C[C@@H]2C[C@H]1CN2C(=O)Cn1nnc(C2CC2)n1. The zero-order chi connectivity index (χ0) is 17.8. The molecule has 3 aliphatic heterocycles. The third-order valence-electron chi connectivity index (χ3n) is 6.35. The van der Waals surface area contributed by atoms with Gasteiger partial charge in [-0.2, -0.15) is 4.80 Å². The highest BCUT2D eigenvalue weighted by molar-refractivity contribution is 5.84. The minimum atomic E-state index is 0.0307. The Morgan fingerprint density at radius 3 is 2.50 bits per heavy atom. The molecule has 1 aromatic rings. The van der Waals surface area contributed by atoms with Gasteiger partial charge in [-0.25, -0.2) is 0 Å². The Morgan fingerprint density at radius 1 is 1.12 bits per heavy atom. The van der Waals surface area contributed by atoms with Gasteiger partial charge in [0.2, 0.25) is 11.8 Å².